The standard InChI is InChI=1S/C30H37ClN4O5/c1-18(2)40-26-12-11-23(16-25(26)31)30(38)33-24(13-14-39-27(37)17-35(5)6)15-21-7-9-22(10-8-21)28-19(3)32-29(34-28)20(4)36/h7-12,16,18,24H,13-15,17H2,1-6H3,(H,32,34)(H,33,38)/t24-/m1/s1. The highest BCUT2D eigenvalue weighted by Gasteiger charge is 2.18. The van der Waals surface area contributed by atoms with Gasteiger partial charge in [-0.1, -0.05) is 35.9 Å². The van der Waals surface area contributed by atoms with Crippen LogP contribution in [0.4, 0.5) is 0 Å². The van der Waals surface area contributed by atoms with E-state index in [0.717, 1.165) is 22.5 Å². The lowest BCUT2D eigenvalue weighted by Gasteiger charge is -2.20. The third-order valence-electron chi connectivity index (χ3n) is 5.99. The summed E-state index contributed by atoms with van der Waals surface area (Å²) in [6, 6.07) is 12.4. The minimum absolute atomic E-state index is 0.0451. The van der Waals surface area contributed by atoms with Crippen molar-refractivity contribution < 1.29 is 23.9 Å². The smallest absolute Gasteiger partial charge is 0.320 e. The number of imidazole rings is 1. The van der Waals surface area contributed by atoms with Gasteiger partial charge in [-0.15, -0.1) is 0 Å². The third kappa shape index (κ3) is 8.93. The lowest BCUT2D eigenvalue weighted by Crippen LogP contribution is -2.37. The van der Waals surface area contributed by atoms with Crippen LogP contribution in [0.15, 0.2) is 42.5 Å². The highest BCUT2D eigenvalue weighted by atomic mass is 35.5. The first-order valence-electron chi connectivity index (χ1n) is 13.2. The fourth-order valence-electron chi connectivity index (χ4n) is 4.10. The minimum atomic E-state index is -0.328. The summed E-state index contributed by atoms with van der Waals surface area (Å²) < 4.78 is 11.0. The number of H-pyrrole nitrogens is 1. The van der Waals surface area contributed by atoms with Crippen LogP contribution in [-0.4, -0.2) is 71.9 Å². The number of nitrogens with one attached hydrogen (secondary N) is 2. The first-order valence-corrected chi connectivity index (χ1v) is 13.5. The zero-order chi connectivity index (χ0) is 29.4. The van der Waals surface area contributed by atoms with E-state index >= 15 is 0 Å². The molecule has 0 aliphatic carbocycles. The molecule has 0 aliphatic rings. The molecule has 1 atom stereocenters. The summed E-state index contributed by atoms with van der Waals surface area (Å²) in [4.78, 5) is 46.0. The van der Waals surface area contributed by atoms with Crippen LogP contribution in [0.5, 0.6) is 5.75 Å². The Kier molecular flexibility index (Phi) is 10.9. The molecule has 1 amide bonds. The van der Waals surface area contributed by atoms with Crippen molar-refractivity contribution in [2.75, 3.05) is 27.2 Å². The van der Waals surface area contributed by atoms with Crippen LogP contribution in [0, 0.1) is 6.92 Å². The van der Waals surface area contributed by atoms with E-state index in [0.29, 0.717) is 35.0 Å². The van der Waals surface area contributed by atoms with Gasteiger partial charge in [-0.05, 0) is 65.0 Å². The summed E-state index contributed by atoms with van der Waals surface area (Å²) in [5.74, 6) is 0.0981. The van der Waals surface area contributed by atoms with Crippen LogP contribution in [0.1, 0.15) is 59.4 Å². The first-order chi connectivity index (χ1) is 18.9. The van der Waals surface area contributed by atoms with E-state index in [4.69, 9.17) is 21.1 Å². The fourth-order valence-corrected chi connectivity index (χ4v) is 4.32. The molecule has 214 valence electrons. The topological polar surface area (TPSA) is 114 Å². The van der Waals surface area contributed by atoms with Crippen molar-refractivity contribution in [3.63, 3.8) is 0 Å². The number of ether oxygens (including phenoxy) is 2. The van der Waals surface area contributed by atoms with Crippen LogP contribution in [0.25, 0.3) is 11.3 Å². The zero-order valence-electron chi connectivity index (χ0n) is 23.8. The molecule has 9 nitrogen and oxygen atoms in total. The Morgan fingerprint density at radius 2 is 1.80 bits per heavy atom. The van der Waals surface area contributed by atoms with Gasteiger partial charge in [-0.3, -0.25) is 19.3 Å². The van der Waals surface area contributed by atoms with E-state index < -0.39 is 0 Å². The molecule has 0 unspecified atom stereocenters. The van der Waals surface area contributed by atoms with Crippen molar-refractivity contribution in [2.45, 2.75) is 52.7 Å². The number of esters is 1. The van der Waals surface area contributed by atoms with Gasteiger partial charge in [0, 0.05) is 36.2 Å². The second-order valence-electron chi connectivity index (χ2n) is 10.2. The molecule has 40 heavy (non-hydrogen) atoms. The number of hydrogen-bond acceptors (Lipinski definition) is 7. The Bertz CT molecular complexity index is 1330. The lowest BCUT2D eigenvalue weighted by molar-refractivity contribution is -0.144. The number of hydrogen-bond donors (Lipinski definition) is 2. The maximum absolute atomic E-state index is 13.1. The monoisotopic (exact) mass is 568 g/mol. The number of carbonyl (C=O) groups excluding carboxylic acids is 3. The van der Waals surface area contributed by atoms with E-state index in [1.807, 2.05) is 45.0 Å². The van der Waals surface area contributed by atoms with Gasteiger partial charge in [0.25, 0.3) is 5.91 Å². The number of aromatic nitrogens is 2. The Morgan fingerprint density at radius 1 is 1.10 bits per heavy atom. The lowest BCUT2D eigenvalue weighted by atomic mass is 10.0. The van der Waals surface area contributed by atoms with Crippen LogP contribution in [-0.2, 0) is 16.0 Å². The van der Waals surface area contributed by atoms with Gasteiger partial charge < -0.3 is 19.8 Å². The molecule has 3 aromatic rings. The first kappa shape index (κ1) is 30.8. The summed E-state index contributed by atoms with van der Waals surface area (Å²) >= 11 is 6.35. The van der Waals surface area contributed by atoms with Crippen LogP contribution < -0.4 is 10.1 Å². The number of likely N-dealkylation sites (N-methyl/N-ethyl adjacent to an activating group) is 1. The molecule has 0 saturated heterocycles. The number of Topliss-reactive ketones (excluding diaryl/α,β-unsaturated/α-hetero) is 1. The van der Waals surface area contributed by atoms with E-state index in [-0.39, 0.29) is 43.0 Å². The molecule has 0 aliphatic heterocycles. The van der Waals surface area contributed by atoms with Gasteiger partial charge in [-0.25, -0.2) is 4.98 Å². The fraction of sp³-hybridized carbons (Fsp3) is 0.400. The number of benzene rings is 2. The number of halogens is 1. The summed E-state index contributed by atoms with van der Waals surface area (Å²) in [5.41, 5.74) is 3.79. The van der Waals surface area contributed by atoms with Gasteiger partial charge in [0.05, 0.1) is 30.0 Å². The van der Waals surface area contributed by atoms with Crippen molar-refractivity contribution in [3.05, 3.63) is 70.1 Å². The summed E-state index contributed by atoms with van der Waals surface area (Å²) in [6.07, 6.45) is 0.893. The highest BCUT2D eigenvalue weighted by Crippen LogP contribution is 2.27. The normalized spacial score (nSPS) is 11.9. The average molecular weight is 569 g/mol. The van der Waals surface area contributed by atoms with Crippen molar-refractivity contribution in [1.82, 2.24) is 20.2 Å². The SMILES string of the molecule is CC(=O)c1nc(-c2ccc(C[C@@H](CCOC(=O)CN(C)C)NC(=O)c3ccc(OC(C)C)c(Cl)c3)cc2)c(C)[nH]1. The van der Waals surface area contributed by atoms with Crippen LogP contribution in [0.2, 0.25) is 5.02 Å². The molecule has 0 bridgehead atoms. The van der Waals surface area contributed by atoms with Crippen LogP contribution >= 0.6 is 11.6 Å². The largest absolute Gasteiger partial charge is 0.489 e. The summed E-state index contributed by atoms with van der Waals surface area (Å²) in [5, 5.41) is 3.41. The highest BCUT2D eigenvalue weighted by molar-refractivity contribution is 6.32. The van der Waals surface area contributed by atoms with Gasteiger partial charge in [0.2, 0.25) is 0 Å². The molecule has 10 heteroatoms. The molecule has 2 N–H and O–H groups in total. The van der Waals surface area contributed by atoms with E-state index in [2.05, 4.69) is 15.3 Å². The molecular weight excluding hydrogens is 532 g/mol. The number of amides is 1. The number of carbonyl (C=O) groups is 3. The predicted molar refractivity (Wildman–Crippen MR) is 155 cm³/mol. The van der Waals surface area contributed by atoms with Gasteiger partial charge in [-0.2, -0.15) is 0 Å². The number of nitrogens with zero attached hydrogens (tertiary/aromatic N) is 2. The minimum Gasteiger partial charge on any atom is -0.489 e. The van der Waals surface area contributed by atoms with Crippen LogP contribution in [0.3, 0.4) is 0 Å². The number of ketones is 1. The number of rotatable bonds is 13. The molecule has 0 spiro atoms. The van der Waals surface area contributed by atoms with E-state index in [1.165, 1.54) is 6.92 Å². The molecule has 0 fully saturated rings. The quantitative estimate of drug-likeness (QED) is 0.223. The van der Waals surface area contributed by atoms with Gasteiger partial charge in [0.15, 0.2) is 11.6 Å². The molecule has 3 rings (SSSR count). The Hall–Kier alpha value is -3.69. The third-order valence-corrected chi connectivity index (χ3v) is 6.29. The van der Waals surface area contributed by atoms with Crippen molar-refractivity contribution in [2.24, 2.45) is 0 Å². The van der Waals surface area contributed by atoms with E-state index in [9.17, 15) is 14.4 Å². The number of aryl methyl sites for hydroxylation is 1. The van der Waals surface area contributed by atoms with Crippen molar-refractivity contribution in [1.29, 1.82) is 0 Å². The predicted octanol–water partition coefficient (Wildman–Crippen LogP) is 4.86. The van der Waals surface area contributed by atoms with E-state index in [1.54, 1.807) is 37.2 Å². The molecule has 0 radical (unpaired) electrons. The maximum atomic E-state index is 13.1. The van der Waals surface area contributed by atoms with Gasteiger partial charge in [0.1, 0.15) is 5.75 Å². The molecular formula is C30H37ClN4O5. The second-order valence-corrected chi connectivity index (χ2v) is 10.7. The molecule has 0 saturated carbocycles. The average Bonchev–Trinajstić information content (AvgIpc) is 3.27. The second kappa shape index (κ2) is 14.1. The Balaban J connectivity index is 1.74. The Morgan fingerprint density at radius 3 is 2.38 bits per heavy atom. The zero-order valence-corrected chi connectivity index (χ0v) is 24.6. The molecule has 1 heterocycles. The summed E-state index contributed by atoms with van der Waals surface area (Å²) in [7, 11) is 3.59. The van der Waals surface area contributed by atoms with Crippen molar-refractivity contribution >= 4 is 29.3 Å². The molecule has 1 aromatic heterocycles. The number of aromatic amines is 1. The maximum Gasteiger partial charge on any atom is 0.320 e. The Labute approximate surface area is 240 Å². The molecule has 2 aromatic carbocycles. The van der Waals surface area contributed by atoms with Gasteiger partial charge >= 0.3 is 5.97 Å². The van der Waals surface area contributed by atoms with Crippen molar-refractivity contribution in [3.8, 4) is 17.0 Å². The summed E-state index contributed by atoms with van der Waals surface area (Å²) in [6.45, 7) is 7.49.